The van der Waals surface area contributed by atoms with Gasteiger partial charge in [0.1, 0.15) is 6.54 Å². The quantitative estimate of drug-likeness (QED) is 0.532. The summed E-state index contributed by atoms with van der Waals surface area (Å²) >= 11 is 0. The molecular weight excluding hydrogens is 462 g/mol. The number of benzene rings is 3. The van der Waals surface area contributed by atoms with E-state index in [4.69, 9.17) is 0 Å². The Morgan fingerprint density at radius 3 is 2.06 bits per heavy atom. The summed E-state index contributed by atoms with van der Waals surface area (Å²) in [5, 5.41) is 2.77. The van der Waals surface area contributed by atoms with Crippen LogP contribution in [0.4, 0.5) is 11.4 Å². The monoisotopic (exact) mass is 491 g/mol. The zero-order valence-electron chi connectivity index (χ0n) is 19.9. The smallest absolute Gasteiger partial charge is 0.264 e. The lowest BCUT2D eigenvalue weighted by Gasteiger charge is -2.25. The van der Waals surface area contributed by atoms with Crippen LogP contribution in [0.25, 0.3) is 0 Å². The maximum Gasteiger partial charge on any atom is 0.264 e. The van der Waals surface area contributed by atoms with Crippen LogP contribution in [0.3, 0.4) is 0 Å². The molecule has 1 N–H and O–H groups in total. The van der Waals surface area contributed by atoms with Crippen molar-refractivity contribution in [2.75, 3.05) is 29.3 Å². The summed E-state index contributed by atoms with van der Waals surface area (Å²) < 4.78 is 28.2. The molecule has 2 amide bonds. The second-order valence-corrected chi connectivity index (χ2v) is 10.6. The van der Waals surface area contributed by atoms with E-state index in [-0.39, 0.29) is 10.8 Å². The summed E-state index contributed by atoms with van der Waals surface area (Å²) in [6.07, 6.45) is 1.92. The van der Waals surface area contributed by atoms with E-state index in [2.05, 4.69) is 5.32 Å². The zero-order valence-corrected chi connectivity index (χ0v) is 20.7. The number of sulfonamides is 1. The average molecular weight is 492 g/mol. The number of para-hydroxylation sites is 1. The third kappa shape index (κ3) is 5.54. The zero-order chi connectivity index (χ0) is 25.0. The summed E-state index contributed by atoms with van der Waals surface area (Å²) in [4.78, 5) is 28.0. The van der Waals surface area contributed by atoms with Gasteiger partial charge in [-0.3, -0.25) is 13.9 Å². The summed E-state index contributed by atoms with van der Waals surface area (Å²) in [7, 11) is -4.01. The van der Waals surface area contributed by atoms with Crippen LogP contribution in [0.15, 0.2) is 77.7 Å². The lowest BCUT2D eigenvalue weighted by atomic mass is 10.1. The van der Waals surface area contributed by atoms with Gasteiger partial charge in [-0.15, -0.1) is 0 Å². The first-order chi connectivity index (χ1) is 16.8. The van der Waals surface area contributed by atoms with Crippen molar-refractivity contribution >= 4 is 33.2 Å². The van der Waals surface area contributed by atoms with Crippen molar-refractivity contribution in [3.63, 3.8) is 0 Å². The fourth-order valence-electron chi connectivity index (χ4n) is 4.05. The largest absolute Gasteiger partial charge is 0.339 e. The Morgan fingerprint density at radius 2 is 1.43 bits per heavy atom. The number of carbonyl (C=O) groups excluding carboxylic acids is 2. The van der Waals surface area contributed by atoms with E-state index in [9.17, 15) is 18.0 Å². The fourth-order valence-corrected chi connectivity index (χ4v) is 5.47. The lowest BCUT2D eigenvalue weighted by molar-refractivity contribution is -0.114. The molecule has 1 aliphatic heterocycles. The lowest BCUT2D eigenvalue weighted by Crippen LogP contribution is -2.38. The molecule has 0 radical (unpaired) electrons. The van der Waals surface area contributed by atoms with Gasteiger partial charge in [0.15, 0.2) is 0 Å². The van der Waals surface area contributed by atoms with E-state index in [1.165, 1.54) is 12.1 Å². The summed E-state index contributed by atoms with van der Waals surface area (Å²) in [5.74, 6) is -0.677. The predicted molar refractivity (Wildman–Crippen MR) is 137 cm³/mol. The van der Waals surface area contributed by atoms with E-state index in [0.717, 1.165) is 28.3 Å². The molecule has 0 aromatic heterocycles. The van der Waals surface area contributed by atoms with E-state index >= 15 is 0 Å². The van der Waals surface area contributed by atoms with Crippen LogP contribution in [0.2, 0.25) is 0 Å². The molecule has 3 aromatic rings. The second kappa shape index (κ2) is 10.3. The van der Waals surface area contributed by atoms with Gasteiger partial charge in [-0.05, 0) is 63.1 Å². The Balaban J connectivity index is 1.62. The maximum atomic E-state index is 13.6. The number of anilines is 2. The van der Waals surface area contributed by atoms with Gasteiger partial charge in [0.25, 0.3) is 15.9 Å². The molecule has 1 heterocycles. The molecule has 0 aliphatic carbocycles. The van der Waals surface area contributed by atoms with Gasteiger partial charge in [0.05, 0.1) is 21.8 Å². The van der Waals surface area contributed by atoms with Crippen LogP contribution in [-0.2, 0) is 14.8 Å². The van der Waals surface area contributed by atoms with E-state index in [1.807, 2.05) is 13.8 Å². The molecule has 3 aromatic carbocycles. The Hall–Kier alpha value is -3.65. The minimum atomic E-state index is -4.01. The SMILES string of the molecule is Cc1ccc(N(CC(=O)Nc2ccccc2C(=O)N2CCCC2)S(=O)(=O)c2ccc(C)cc2)cc1. The first-order valence-corrected chi connectivity index (χ1v) is 13.0. The van der Waals surface area contributed by atoms with Gasteiger partial charge in [-0.1, -0.05) is 47.5 Å². The van der Waals surface area contributed by atoms with Crippen molar-refractivity contribution in [3.8, 4) is 0 Å². The van der Waals surface area contributed by atoms with Crippen LogP contribution in [-0.4, -0.2) is 44.8 Å². The number of hydrogen-bond donors (Lipinski definition) is 1. The normalized spacial score (nSPS) is 13.5. The number of hydrogen-bond acceptors (Lipinski definition) is 4. The minimum absolute atomic E-state index is 0.0982. The van der Waals surface area contributed by atoms with E-state index in [1.54, 1.807) is 65.6 Å². The molecule has 0 bridgehead atoms. The van der Waals surface area contributed by atoms with Gasteiger partial charge in [0, 0.05) is 13.1 Å². The van der Waals surface area contributed by atoms with Gasteiger partial charge in [-0.2, -0.15) is 0 Å². The van der Waals surface area contributed by atoms with Gasteiger partial charge in [-0.25, -0.2) is 8.42 Å². The van der Waals surface area contributed by atoms with Crippen molar-refractivity contribution in [2.24, 2.45) is 0 Å². The number of aryl methyl sites for hydroxylation is 2. The highest BCUT2D eigenvalue weighted by Gasteiger charge is 2.28. The molecule has 0 saturated carbocycles. The third-order valence-corrected chi connectivity index (χ3v) is 7.83. The fraction of sp³-hybridized carbons (Fsp3) is 0.259. The van der Waals surface area contributed by atoms with Crippen molar-refractivity contribution in [1.82, 2.24) is 4.90 Å². The molecule has 182 valence electrons. The highest BCUT2D eigenvalue weighted by Crippen LogP contribution is 2.25. The van der Waals surface area contributed by atoms with Crippen LogP contribution in [0.5, 0.6) is 0 Å². The van der Waals surface area contributed by atoms with Gasteiger partial charge < -0.3 is 10.2 Å². The molecule has 7 nitrogen and oxygen atoms in total. The second-order valence-electron chi connectivity index (χ2n) is 8.75. The Kier molecular flexibility index (Phi) is 7.21. The first kappa shape index (κ1) is 24.5. The summed E-state index contributed by atoms with van der Waals surface area (Å²) in [5.41, 5.74) is 3.05. The van der Waals surface area contributed by atoms with E-state index in [0.29, 0.717) is 30.0 Å². The van der Waals surface area contributed by atoms with Gasteiger partial charge >= 0.3 is 0 Å². The van der Waals surface area contributed by atoms with Gasteiger partial charge in [0.2, 0.25) is 5.91 Å². The molecule has 0 spiro atoms. The summed E-state index contributed by atoms with van der Waals surface area (Å²) in [6.45, 7) is 4.73. The number of rotatable bonds is 7. The molecule has 1 aliphatic rings. The molecule has 0 unspecified atom stereocenters. The first-order valence-electron chi connectivity index (χ1n) is 11.6. The number of likely N-dealkylation sites (tertiary alicyclic amines) is 1. The number of nitrogens with zero attached hydrogens (tertiary/aromatic N) is 2. The van der Waals surface area contributed by atoms with Crippen molar-refractivity contribution in [3.05, 3.63) is 89.5 Å². The molecular formula is C27H29N3O4S. The molecule has 35 heavy (non-hydrogen) atoms. The number of nitrogens with one attached hydrogen (secondary N) is 1. The molecule has 1 fully saturated rings. The molecule has 0 atom stereocenters. The highest BCUT2D eigenvalue weighted by molar-refractivity contribution is 7.92. The maximum absolute atomic E-state index is 13.6. The molecule has 4 rings (SSSR count). The van der Waals surface area contributed by atoms with Crippen molar-refractivity contribution < 1.29 is 18.0 Å². The highest BCUT2D eigenvalue weighted by atomic mass is 32.2. The molecule has 8 heteroatoms. The minimum Gasteiger partial charge on any atom is -0.339 e. The van der Waals surface area contributed by atoms with Crippen molar-refractivity contribution in [2.45, 2.75) is 31.6 Å². The number of carbonyl (C=O) groups is 2. The van der Waals surface area contributed by atoms with Crippen LogP contribution in [0.1, 0.15) is 34.3 Å². The van der Waals surface area contributed by atoms with E-state index < -0.39 is 22.5 Å². The molecule has 1 saturated heterocycles. The third-order valence-electron chi connectivity index (χ3n) is 6.04. The predicted octanol–water partition coefficient (Wildman–Crippen LogP) is 4.37. The Morgan fingerprint density at radius 1 is 0.857 bits per heavy atom. The van der Waals surface area contributed by atoms with Crippen LogP contribution < -0.4 is 9.62 Å². The topological polar surface area (TPSA) is 86.8 Å². The standard InChI is InChI=1S/C27H29N3O4S/c1-20-9-13-22(14-10-20)30(35(33,34)23-15-11-21(2)12-16-23)19-26(31)28-25-8-4-3-7-24(25)27(32)29-17-5-6-18-29/h3-4,7-16H,5-6,17-19H2,1-2H3,(H,28,31). The summed E-state index contributed by atoms with van der Waals surface area (Å²) in [6, 6.07) is 20.3. The van der Waals surface area contributed by atoms with Crippen molar-refractivity contribution in [1.29, 1.82) is 0 Å². The Bertz CT molecular complexity index is 1310. The van der Waals surface area contributed by atoms with Crippen LogP contribution >= 0.6 is 0 Å². The van der Waals surface area contributed by atoms with Crippen LogP contribution in [0, 0.1) is 13.8 Å². The Labute approximate surface area is 206 Å². The average Bonchev–Trinajstić information content (AvgIpc) is 3.38. The number of amides is 2.